The number of anilines is 1. The molecule has 6 nitrogen and oxygen atoms in total. The van der Waals surface area contributed by atoms with Gasteiger partial charge in [0.2, 0.25) is 0 Å². The first kappa shape index (κ1) is 12.3. The van der Waals surface area contributed by atoms with Crippen LogP contribution in [0, 0.1) is 10.1 Å². The zero-order valence-corrected chi connectivity index (χ0v) is 10.4. The van der Waals surface area contributed by atoms with Crippen LogP contribution in [0.15, 0.2) is 6.07 Å². The highest BCUT2D eigenvalue weighted by molar-refractivity contribution is 7.16. The quantitative estimate of drug-likeness (QED) is 0.626. The van der Waals surface area contributed by atoms with E-state index in [0.29, 0.717) is 9.88 Å². The largest absolute Gasteiger partial charge is 0.388 e. The van der Waals surface area contributed by atoms with Crippen molar-refractivity contribution in [1.29, 1.82) is 0 Å². The predicted molar refractivity (Wildman–Crippen MR) is 66.7 cm³/mol. The van der Waals surface area contributed by atoms with Crippen molar-refractivity contribution in [1.82, 2.24) is 5.32 Å². The summed E-state index contributed by atoms with van der Waals surface area (Å²) in [6.07, 6.45) is -0.657. The lowest BCUT2D eigenvalue weighted by atomic mass is 10.3. The second-order valence-electron chi connectivity index (χ2n) is 4.01. The van der Waals surface area contributed by atoms with Crippen LogP contribution in [0.3, 0.4) is 0 Å². The van der Waals surface area contributed by atoms with Crippen LogP contribution in [-0.2, 0) is 0 Å². The maximum absolute atomic E-state index is 11.0. The molecule has 7 heteroatoms. The molecule has 0 spiro atoms. The Morgan fingerprint density at radius 2 is 2.24 bits per heavy atom. The van der Waals surface area contributed by atoms with Crippen LogP contribution in [-0.4, -0.2) is 36.2 Å². The average molecular weight is 257 g/mol. The van der Waals surface area contributed by atoms with E-state index in [9.17, 15) is 15.2 Å². The molecule has 1 aliphatic rings. The van der Waals surface area contributed by atoms with Crippen LogP contribution in [0.5, 0.6) is 0 Å². The maximum Gasteiger partial charge on any atom is 0.304 e. The highest BCUT2D eigenvalue weighted by atomic mass is 32.1. The Balaban J connectivity index is 2.32. The van der Waals surface area contributed by atoms with Gasteiger partial charge in [-0.3, -0.25) is 10.1 Å². The molecule has 0 unspecified atom stereocenters. The van der Waals surface area contributed by atoms with Gasteiger partial charge in [-0.15, -0.1) is 11.3 Å². The zero-order chi connectivity index (χ0) is 12.4. The van der Waals surface area contributed by atoms with Crippen molar-refractivity contribution < 1.29 is 10.0 Å². The lowest BCUT2D eigenvalue weighted by molar-refractivity contribution is -0.383. The van der Waals surface area contributed by atoms with Crippen molar-refractivity contribution in [3.05, 3.63) is 21.1 Å². The van der Waals surface area contributed by atoms with Crippen LogP contribution in [0.25, 0.3) is 0 Å². The van der Waals surface area contributed by atoms with Gasteiger partial charge in [-0.05, 0) is 6.92 Å². The number of nitro groups is 1. The molecule has 1 atom stereocenters. The predicted octanol–water partition coefficient (Wildman–Crippen LogP) is 1.12. The molecule has 0 saturated carbocycles. The summed E-state index contributed by atoms with van der Waals surface area (Å²) in [7, 11) is 0. The maximum atomic E-state index is 11.0. The van der Waals surface area contributed by atoms with Gasteiger partial charge in [0.25, 0.3) is 0 Å². The average Bonchev–Trinajstić information content (AvgIpc) is 2.75. The molecule has 0 radical (unpaired) electrons. The van der Waals surface area contributed by atoms with E-state index in [1.807, 2.05) is 4.90 Å². The number of nitrogens with one attached hydrogen (secondary N) is 1. The van der Waals surface area contributed by atoms with Crippen LogP contribution in [0.1, 0.15) is 17.9 Å². The molecular weight excluding hydrogens is 242 g/mol. The van der Waals surface area contributed by atoms with E-state index in [1.165, 1.54) is 17.4 Å². The molecule has 1 saturated heterocycles. The molecule has 17 heavy (non-hydrogen) atoms. The first-order valence-electron chi connectivity index (χ1n) is 5.51. The van der Waals surface area contributed by atoms with Gasteiger partial charge in [-0.2, -0.15) is 0 Å². The van der Waals surface area contributed by atoms with Crippen molar-refractivity contribution in [3.8, 4) is 0 Å². The Morgan fingerprint density at radius 1 is 1.59 bits per heavy atom. The third-order valence-corrected chi connectivity index (χ3v) is 4.08. The fourth-order valence-electron chi connectivity index (χ4n) is 1.82. The minimum atomic E-state index is -0.657. The summed E-state index contributed by atoms with van der Waals surface area (Å²) in [6.45, 7) is 4.82. The smallest absolute Gasteiger partial charge is 0.304 e. The molecule has 1 aromatic rings. The molecule has 2 heterocycles. The number of hydrogen-bond donors (Lipinski definition) is 2. The lowest BCUT2D eigenvalue weighted by Crippen LogP contribution is -2.43. The molecule has 1 aromatic heterocycles. The molecule has 1 aliphatic heterocycles. The molecule has 2 N–H and O–H groups in total. The fourth-order valence-corrected chi connectivity index (χ4v) is 2.94. The number of piperazine rings is 1. The fraction of sp³-hybridized carbons (Fsp3) is 0.600. The van der Waals surface area contributed by atoms with Crippen molar-refractivity contribution in [3.63, 3.8) is 0 Å². The number of rotatable bonds is 3. The third-order valence-electron chi connectivity index (χ3n) is 2.73. The number of hydrogen-bond acceptors (Lipinski definition) is 6. The standard InChI is InChI=1S/C10H15N3O3S/c1-7(14)9-6-8(13(15)16)10(17-9)12-4-2-11-3-5-12/h6-7,11,14H,2-5H2,1H3/t7-/m1/s1. The second-order valence-corrected chi connectivity index (χ2v) is 5.07. The van der Waals surface area contributed by atoms with Gasteiger partial charge in [-0.25, -0.2) is 0 Å². The van der Waals surface area contributed by atoms with E-state index in [1.54, 1.807) is 6.92 Å². The first-order valence-corrected chi connectivity index (χ1v) is 6.33. The van der Waals surface area contributed by atoms with Crippen LogP contribution >= 0.6 is 11.3 Å². The van der Waals surface area contributed by atoms with Gasteiger partial charge in [0.15, 0.2) is 5.00 Å². The van der Waals surface area contributed by atoms with Gasteiger partial charge in [0.1, 0.15) is 0 Å². The molecule has 94 valence electrons. The Kier molecular flexibility index (Phi) is 3.60. The topological polar surface area (TPSA) is 78.6 Å². The summed E-state index contributed by atoms with van der Waals surface area (Å²) in [5.41, 5.74) is 0.104. The van der Waals surface area contributed by atoms with Gasteiger partial charge < -0.3 is 15.3 Å². The summed E-state index contributed by atoms with van der Waals surface area (Å²) in [5.74, 6) is 0. The Bertz CT molecular complexity index is 413. The second kappa shape index (κ2) is 4.99. The zero-order valence-electron chi connectivity index (χ0n) is 9.55. The third kappa shape index (κ3) is 2.56. The van der Waals surface area contributed by atoms with E-state index in [-0.39, 0.29) is 10.6 Å². The molecule has 0 amide bonds. The molecule has 0 aliphatic carbocycles. The highest BCUT2D eigenvalue weighted by Gasteiger charge is 2.26. The summed E-state index contributed by atoms with van der Waals surface area (Å²) in [6, 6.07) is 1.48. The SMILES string of the molecule is C[C@@H](O)c1cc([N+](=O)[O-])c(N2CCNCC2)s1. The van der Waals surface area contributed by atoms with E-state index in [0.717, 1.165) is 26.2 Å². The highest BCUT2D eigenvalue weighted by Crippen LogP contribution is 2.40. The van der Waals surface area contributed by atoms with Gasteiger partial charge in [0, 0.05) is 37.1 Å². The summed E-state index contributed by atoms with van der Waals surface area (Å²) < 4.78 is 0. The molecular formula is C10H15N3O3S. The number of nitrogens with zero attached hydrogens (tertiary/aromatic N) is 2. The van der Waals surface area contributed by atoms with E-state index < -0.39 is 6.10 Å². The summed E-state index contributed by atoms with van der Waals surface area (Å²) in [5, 5.41) is 24.4. The summed E-state index contributed by atoms with van der Waals surface area (Å²) in [4.78, 5) is 13.3. The molecule has 1 fully saturated rings. The van der Waals surface area contributed by atoms with Crippen LogP contribution in [0.2, 0.25) is 0 Å². The minimum absolute atomic E-state index is 0.104. The molecule has 0 bridgehead atoms. The summed E-state index contributed by atoms with van der Waals surface area (Å²) >= 11 is 1.31. The van der Waals surface area contributed by atoms with Crippen LogP contribution < -0.4 is 10.2 Å². The van der Waals surface area contributed by atoms with Gasteiger partial charge in [-0.1, -0.05) is 0 Å². The van der Waals surface area contributed by atoms with E-state index >= 15 is 0 Å². The van der Waals surface area contributed by atoms with Crippen LogP contribution in [0.4, 0.5) is 10.7 Å². The Hall–Kier alpha value is -1.18. The van der Waals surface area contributed by atoms with Crippen molar-refractivity contribution >= 4 is 22.0 Å². The Labute approximate surface area is 103 Å². The number of thiophene rings is 1. The van der Waals surface area contributed by atoms with Crippen molar-refractivity contribution in [2.45, 2.75) is 13.0 Å². The molecule has 2 rings (SSSR count). The van der Waals surface area contributed by atoms with Gasteiger partial charge >= 0.3 is 5.69 Å². The Morgan fingerprint density at radius 3 is 2.76 bits per heavy atom. The first-order chi connectivity index (χ1) is 8.09. The molecule has 0 aromatic carbocycles. The minimum Gasteiger partial charge on any atom is -0.388 e. The normalized spacial score (nSPS) is 18.1. The monoisotopic (exact) mass is 257 g/mol. The van der Waals surface area contributed by atoms with E-state index in [2.05, 4.69) is 5.32 Å². The number of aliphatic hydroxyl groups excluding tert-OH is 1. The number of aliphatic hydroxyl groups is 1. The van der Waals surface area contributed by atoms with Gasteiger partial charge in [0.05, 0.1) is 11.0 Å². The van der Waals surface area contributed by atoms with Crippen molar-refractivity contribution in [2.24, 2.45) is 0 Å². The van der Waals surface area contributed by atoms with Crippen molar-refractivity contribution in [2.75, 3.05) is 31.1 Å². The van der Waals surface area contributed by atoms with E-state index in [4.69, 9.17) is 0 Å². The lowest BCUT2D eigenvalue weighted by Gasteiger charge is -2.27.